The van der Waals surface area contributed by atoms with Crippen molar-refractivity contribution in [2.24, 2.45) is 0 Å². The van der Waals surface area contributed by atoms with Crippen LogP contribution in [0.25, 0.3) is 0 Å². The fourth-order valence-electron chi connectivity index (χ4n) is 2.67. The number of amides is 1. The van der Waals surface area contributed by atoms with E-state index in [1.807, 2.05) is 19.1 Å². The third-order valence-corrected chi connectivity index (χ3v) is 4.37. The van der Waals surface area contributed by atoms with Crippen LogP contribution in [0, 0.1) is 0 Å². The Labute approximate surface area is 175 Å². The highest BCUT2D eigenvalue weighted by Gasteiger charge is 2.18. The van der Waals surface area contributed by atoms with E-state index < -0.39 is 25.0 Å². The highest BCUT2D eigenvalue weighted by molar-refractivity contribution is 5.99. The van der Waals surface area contributed by atoms with Crippen molar-refractivity contribution in [3.8, 4) is 17.2 Å². The van der Waals surface area contributed by atoms with Gasteiger partial charge in [0.05, 0.1) is 21.3 Å². The topological polar surface area (TPSA) is 100 Å². The summed E-state index contributed by atoms with van der Waals surface area (Å²) in [5.74, 6) is -0.612. The molecule has 0 aliphatic heterocycles. The molecule has 160 valence electrons. The summed E-state index contributed by atoms with van der Waals surface area (Å²) < 4.78 is 20.6. The normalized spacial score (nSPS) is 10.1. The molecular weight excluding hydrogens is 390 g/mol. The van der Waals surface area contributed by atoms with Crippen LogP contribution >= 0.6 is 0 Å². The van der Waals surface area contributed by atoms with Crippen LogP contribution in [0.4, 0.5) is 0 Å². The molecule has 0 spiro atoms. The first-order valence-electron chi connectivity index (χ1n) is 9.29. The smallest absolute Gasteiger partial charge is 0.325 e. The predicted octanol–water partition coefficient (Wildman–Crippen LogP) is 2.43. The number of ketones is 1. The summed E-state index contributed by atoms with van der Waals surface area (Å²) in [4.78, 5) is 36.4. The molecule has 0 aliphatic rings. The fraction of sp³-hybridized carbons (Fsp3) is 0.318. The number of nitrogens with one attached hydrogen (secondary N) is 1. The van der Waals surface area contributed by atoms with Crippen molar-refractivity contribution in [3.63, 3.8) is 0 Å². The van der Waals surface area contributed by atoms with Crippen LogP contribution in [0.3, 0.4) is 0 Å². The van der Waals surface area contributed by atoms with Gasteiger partial charge in [-0.25, -0.2) is 0 Å². The molecule has 0 atom stereocenters. The average Bonchev–Trinajstić information content (AvgIpc) is 2.79. The summed E-state index contributed by atoms with van der Waals surface area (Å²) in [5, 5.41) is 2.44. The molecule has 0 bridgehead atoms. The predicted molar refractivity (Wildman–Crippen MR) is 110 cm³/mol. The van der Waals surface area contributed by atoms with Gasteiger partial charge in [-0.1, -0.05) is 31.2 Å². The lowest BCUT2D eigenvalue weighted by atomic mass is 10.1. The molecule has 2 rings (SSSR count). The number of methoxy groups -OCH3 is 3. The lowest BCUT2D eigenvalue weighted by Crippen LogP contribution is -2.31. The van der Waals surface area contributed by atoms with Crippen molar-refractivity contribution in [1.82, 2.24) is 5.32 Å². The van der Waals surface area contributed by atoms with Gasteiger partial charge in [0.25, 0.3) is 5.91 Å². The monoisotopic (exact) mass is 415 g/mol. The minimum Gasteiger partial charge on any atom is -0.493 e. The molecule has 1 amide bonds. The SMILES string of the molecule is CCc1ccc(C(=O)COC(=O)CNC(=O)c2cc(OC)c(OC)c(OC)c2)cc1. The van der Waals surface area contributed by atoms with Crippen molar-refractivity contribution < 1.29 is 33.3 Å². The Morgan fingerprint density at radius 1 is 0.867 bits per heavy atom. The number of rotatable bonds is 10. The molecule has 0 saturated heterocycles. The van der Waals surface area contributed by atoms with E-state index in [2.05, 4.69) is 5.32 Å². The summed E-state index contributed by atoms with van der Waals surface area (Å²) in [6, 6.07) is 10.0. The van der Waals surface area contributed by atoms with Crippen LogP contribution < -0.4 is 19.5 Å². The number of hydrogen-bond acceptors (Lipinski definition) is 7. The molecule has 0 aromatic heterocycles. The van der Waals surface area contributed by atoms with Crippen LogP contribution in [0.1, 0.15) is 33.2 Å². The number of carbonyl (C=O) groups is 3. The first-order chi connectivity index (χ1) is 14.4. The Balaban J connectivity index is 1.91. The van der Waals surface area contributed by atoms with Crippen LogP contribution in [-0.4, -0.2) is 52.1 Å². The molecule has 30 heavy (non-hydrogen) atoms. The zero-order valence-electron chi connectivity index (χ0n) is 17.4. The molecular formula is C22H25NO7. The van der Waals surface area contributed by atoms with Gasteiger partial charge in [-0.05, 0) is 24.1 Å². The third kappa shape index (κ3) is 5.73. The van der Waals surface area contributed by atoms with E-state index in [0.717, 1.165) is 12.0 Å². The zero-order chi connectivity index (χ0) is 22.1. The fourth-order valence-corrected chi connectivity index (χ4v) is 2.67. The molecule has 8 nitrogen and oxygen atoms in total. The number of carbonyl (C=O) groups excluding carboxylic acids is 3. The molecule has 2 aromatic carbocycles. The lowest BCUT2D eigenvalue weighted by molar-refractivity contribution is -0.141. The van der Waals surface area contributed by atoms with E-state index in [9.17, 15) is 14.4 Å². The van der Waals surface area contributed by atoms with Crippen molar-refractivity contribution in [3.05, 3.63) is 53.1 Å². The molecule has 2 aromatic rings. The van der Waals surface area contributed by atoms with E-state index in [4.69, 9.17) is 18.9 Å². The standard InChI is InChI=1S/C22H25NO7/c1-5-14-6-8-15(9-7-14)17(24)13-30-20(25)12-23-22(26)16-10-18(27-2)21(29-4)19(11-16)28-3/h6-11H,5,12-13H2,1-4H3,(H,23,26). The maximum Gasteiger partial charge on any atom is 0.325 e. The van der Waals surface area contributed by atoms with Gasteiger partial charge < -0.3 is 24.3 Å². The second-order valence-corrected chi connectivity index (χ2v) is 6.23. The van der Waals surface area contributed by atoms with E-state index in [1.54, 1.807) is 12.1 Å². The zero-order valence-corrected chi connectivity index (χ0v) is 17.4. The number of benzene rings is 2. The van der Waals surface area contributed by atoms with Crippen LogP contribution in [0.15, 0.2) is 36.4 Å². The highest BCUT2D eigenvalue weighted by Crippen LogP contribution is 2.38. The number of Topliss-reactive ketones (excluding diaryl/α,β-unsaturated/α-hetero) is 1. The van der Waals surface area contributed by atoms with E-state index >= 15 is 0 Å². The van der Waals surface area contributed by atoms with Crippen molar-refractivity contribution in [2.45, 2.75) is 13.3 Å². The molecule has 0 heterocycles. The number of esters is 1. The number of aryl methyl sites for hydroxylation is 1. The van der Waals surface area contributed by atoms with Crippen molar-refractivity contribution in [1.29, 1.82) is 0 Å². The molecule has 1 N–H and O–H groups in total. The molecule has 0 saturated carbocycles. The molecule has 0 radical (unpaired) electrons. The van der Waals surface area contributed by atoms with Gasteiger partial charge in [0.15, 0.2) is 23.9 Å². The van der Waals surface area contributed by atoms with Crippen molar-refractivity contribution >= 4 is 17.7 Å². The van der Waals surface area contributed by atoms with E-state index in [1.165, 1.54) is 33.5 Å². The summed E-state index contributed by atoms with van der Waals surface area (Å²) in [7, 11) is 4.32. The molecule has 0 fully saturated rings. The second kappa shape index (κ2) is 10.8. The second-order valence-electron chi connectivity index (χ2n) is 6.23. The Morgan fingerprint density at radius 2 is 1.47 bits per heavy atom. The Bertz CT molecular complexity index is 881. The number of ether oxygens (including phenoxy) is 4. The maximum atomic E-state index is 12.4. The first kappa shape index (κ1) is 22.7. The minimum absolute atomic E-state index is 0.212. The quantitative estimate of drug-likeness (QED) is 0.470. The van der Waals surface area contributed by atoms with Gasteiger partial charge in [-0.3, -0.25) is 14.4 Å². The van der Waals surface area contributed by atoms with Crippen LogP contribution in [-0.2, 0) is 16.0 Å². The summed E-state index contributed by atoms with van der Waals surface area (Å²) in [6.45, 7) is 1.23. The summed E-state index contributed by atoms with van der Waals surface area (Å²) >= 11 is 0. The van der Waals surface area contributed by atoms with Gasteiger partial charge in [0.2, 0.25) is 5.75 Å². The van der Waals surface area contributed by atoms with Crippen LogP contribution in [0.5, 0.6) is 17.2 Å². The Hall–Kier alpha value is -3.55. The van der Waals surface area contributed by atoms with E-state index in [0.29, 0.717) is 22.8 Å². The third-order valence-electron chi connectivity index (χ3n) is 4.37. The molecule has 0 aliphatic carbocycles. The number of hydrogen-bond donors (Lipinski definition) is 1. The van der Waals surface area contributed by atoms with Gasteiger partial charge in [-0.15, -0.1) is 0 Å². The molecule has 0 unspecified atom stereocenters. The summed E-state index contributed by atoms with van der Waals surface area (Å²) in [5.41, 5.74) is 1.78. The maximum absolute atomic E-state index is 12.4. The van der Waals surface area contributed by atoms with E-state index in [-0.39, 0.29) is 11.3 Å². The molecule has 8 heteroatoms. The Kier molecular flexibility index (Phi) is 8.22. The largest absolute Gasteiger partial charge is 0.493 e. The van der Waals surface area contributed by atoms with Crippen LogP contribution in [0.2, 0.25) is 0 Å². The summed E-state index contributed by atoms with van der Waals surface area (Å²) in [6.07, 6.45) is 0.870. The van der Waals surface area contributed by atoms with Gasteiger partial charge in [0, 0.05) is 11.1 Å². The van der Waals surface area contributed by atoms with Crippen molar-refractivity contribution in [2.75, 3.05) is 34.5 Å². The average molecular weight is 415 g/mol. The first-order valence-corrected chi connectivity index (χ1v) is 9.29. The lowest BCUT2D eigenvalue weighted by Gasteiger charge is -2.14. The van der Waals surface area contributed by atoms with Gasteiger partial charge in [0.1, 0.15) is 6.54 Å². The highest BCUT2D eigenvalue weighted by atomic mass is 16.5. The minimum atomic E-state index is -0.727. The van der Waals surface area contributed by atoms with Gasteiger partial charge >= 0.3 is 5.97 Å². The van der Waals surface area contributed by atoms with Gasteiger partial charge in [-0.2, -0.15) is 0 Å². The Morgan fingerprint density at radius 3 is 1.97 bits per heavy atom.